The van der Waals surface area contributed by atoms with Gasteiger partial charge in [0.25, 0.3) is 0 Å². The minimum Gasteiger partial charge on any atom is -0.339 e. The van der Waals surface area contributed by atoms with E-state index in [1.807, 2.05) is 11.3 Å². The maximum atomic E-state index is 2.59. The summed E-state index contributed by atoms with van der Waals surface area (Å²) in [5, 5.41) is 4.77. The van der Waals surface area contributed by atoms with Crippen LogP contribution in [0.15, 0.2) is 78.2 Å². The van der Waals surface area contributed by atoms with Crippen LogP contribution in [0, 0.1) is 0 Å². The third-order valence-electron chi connectivity index (χ3n) is 5.58. The summed E-state index contributed by atoms with van der Waals surface area (Å²) in [4.78, 5) is 3.20. The third kappa shape index (κ3) is 4.42. The summed E-state index contributed by atoms with van der Waals surface area (Å²) < 4.78 is 0. The summed E-state index contributed by atoms with van der Waals surface area (Å²) in [6.45, 7) is 4.75. The molecule has 3 atom stereocenters. The summed E-state index contributed by atoms with van der Waals surface area (Å²) in [6.07, 6.45) is 1.28. The van der Waals surface area contributed by atoms with Gasteiger partial charge in [-0.15, -0.1) is 11.3 Å². The van der Waals surface area contributed by atoms with E-state index >= 15 is 0 Å². The Morgan fingerprint density at radius 3 is 2.42 bits per heavy atom. The highest BCUT2D eigenvalue weighted by Gasteiger charge is 2.35. The number of rotatable bonds is 6. The van der Waals surface area contributed by atoms with Crippen molar-refractivity contribution in [2.75, 3.05) is 13.1 Å². The highest BCUT2D eigenvalue weighted by Crippen LogP contribution is 2.20. The maximum Gasteiger partial charge on any atom is 0.111 e. The Hall–Kier alpha value is -1.94. The summed E-state index contributed by atoms with van der Waals surface area (Å²) in [5.41, 5.74) is 2.96. The molecule has 0 spiro atoms. The highest BCUT2D eigenvalue weighted by molar-refractivity contribution is 7.09. The van der Waals surface area contributed by atoms with E-state index < -0.39 is 0 Å². The molecule has 3 aromatic rings. The van der Waals surface area contributed by atoms with E-state index in [0.29, 0.717) is 12.0 Å². The highest BCUT2D eigenvalue weighted by atomic mass is 32.1. The monoisotopic (exact) mass is 364 g/mol. The molecule has 26 heavy (non-hydrogen) atoms. The second kappa shape index (κ2) is 8.63. The molecule has 2 nitrogen and oxygen atoms in total. The number of quaternary nitrogens is 2. The molecule has 1 fully saturated rings. The molecule has 1 aliphatic heterocycles. The first-order chi connectivity index (χ1) is 12.9. The van der Waals surface area contributed by atoms with Crippen molar-refractivity contribution in [3.05, 3.63) is 94.2 Å². The number of nitrogens with two attached hydrogens (primary N) is 1. The van der Waals surface area contributed by atoms with E-state index in [-0.39, 0.29) is 0 Å². The van der Waals surface area contributed by atoms with Crippen molar-refractivity contribution >= 4 is 11.3 Å². The largest absolute Gasteiger partial charge is 0.339 e. The molecule has 0 amide bonds. The van der Waals surface area contributed by atoms with Crippen LogP contribution < -0.4 is 10.2 Å². The fraction of sp³-hybridized carbons (Fsp3) is 0.304. The zero-order valence-corrected chi connectivity index (χ0v) is 16.0. The van der Waals surface area contributed by atoms with Crippen LogP contribution >= 0.6 is 11.3 Å². The van der Waals surface area contributed by atoms with Gasteiger partial charge >= 0.3 is 0 Å². The molecule has 0 aliphatic carbocycles. The number of likely N-dealkylation sites (tertiary alicyclic amines) is 1. The standard InChI is InChI=1S/C23H26N2S/c1-3-8-19(9-4-1)17-25-14-13-23(24-16-21-12-7-15-26-21)22(18-25)20-10-5-2-6-11-20/h1-12,15,22-24H,13-14,16-18H2/p+2/t22-,23-/m0/s1. The summed E-state index contributed by atoms with van der Waals surface area (Å²) in [6, 6.07) is 27.2. The van der Waals surface area contributed by atoms with Crippen LogP contribution in [0.2, 0.25) is 0 Å². The molecule has 3 heteroatoms. The molecule has 2 heterocycles. The number of benzene rings is 2. The van der Waals surface area contributed by atoms with Crippen molar-refractivity contribution in [3.8, 4) is 0 Å². The summed E-state index contributed by atoms with van der Waals surface area (Å²) in [7, 11) is 0. The van der Waals surface area contributed by atoms with Gasteiger partial charge in [-0.2, -0.15) is 0 Å². The Balaban J connectivity index is 1.46. The van der Waals surface area contributed by atoms with Gasteiger partial charge in [-0.3, -0.25) is 0 Å². The van der Waals surface area contributed by atoms with Gasteiger partial charge in [-0.05, 0) is 17.0 Å². The fourth-order valence-corrected chi connectivity index (χ4v) is 4.91. The molecule has 1 aromatic heterocycles. The van der Waals surface area contributed by atoms with Crippen LogP contribution in [0.5, 0.6) is 0 Å². The van der Waals surface area contributed by atoms with Gasteiger partial charge in [0.05, 0.1) is 23.9 Å². The van der Waals surface area contributed by atoms with Crippen LogP contribution in [-0.2, 0) is 13.1 Å². The average molecular weight is 365 g/mol. The van der Waals surface area contributed by atoms with E-state index in [4.69, 9.17) is 0 Å². The molecule has 2 aromatic carbocycles. The molecule has 1 saturated heterocycles. The minimum absolute atomic E-state index is 0.628. The van der Waals surface area contributed by atoms with E-state index in [2.05, 4.69) is 83.5 Å². The molecular weight excluding hydrogens is 336 g/mol. The molecular formula is C23H28N2S+2. The Labute approximate surface area is 160 Å². The normalized spacial score (nSPS) is 23.0. The number of piperidine rings is 1. The minimum atomic E-state index is 0.628. The van der Waals surface area contributed by atoms with Crippen LogP contribution in [0.1, 0.15) is 28.3 Å². The van der Waals surface area contributed by atoms with Gasteiger partial charge < -0.3 is 10.2 Å². The van der Waals surface area contributed by atoms with E-state index in [9.17, 15) is 0 Å². The molecule has 0 radical (unpaired) electrons. The second-order valence-corrected chi connectivity index (χ2v) is 8.39. The Morgan fingerprint density at radius 1 is 0.923 bits per heavy atom. The van der Waals surface area contributed by atoms with E-state index in [1.54, 1.807) is 4.90 Å². The predicted molar refractivity (Wildman–Crippen MR) is 108 cm³/mol. The number of hydrogen-bond donors (Lipinski definition) is 2. The Morgan fingerprint density at radius 2 is 1.69 bits per heavy atom. The number of hydrogen-bond acceptors (Lipinski definition) is 1. The topological polar surface area (TPSA) is 21.1 Å². The first-order valence-electron chi connectivity index (χ1n) is 9.66. The van der Waals surface area contributed by atoms with Crippen molar-refractivity contribution in [2.24, 2.45) is 0 Å². The number of nitrogens with one attached hydrogen (secondary N) is 1. The summed E-state index contributed by atoms with van der Waals surface area (Å²) in [5.74, 6) is 0.628. The lowest BCUT2D eigenvalue weighted by Gasteiger charge is -2.35. The van der Waals surface area contributed by atoms with Crippen molar-refractivity contribution in [1.82, 2.24) is 0 Å². The van der Waals surface area contributed by atoms with Gasteiger partial charge in [0.15, 0.2) is 0 Å². The van der Waals surface area contributed by atoms with E-state index in [0.717, 1.165) is 13.1 Å². The number of thiophene rings is 1. The van der Waals surface area contributed by atoms with Gasteiger partial charge in [0.1, 0.15) is 19.1 Å². The first-order valence-corrected chi connectivity index (χ1v) is 10.5. The smallest absolute Gasteiger partial charge is 0.111 e. The van der Waals surface area contributed by atoms with Crippen LogP contribution in [0.3, 0.4) is 0 Å². The zero-order chi connectivity index (χ0) is 17.6. The van der Waals surface area contributed by atoms with Gasteiger partial charge in [0, 0.05) is 12.0 Å². The van der Waals surface area contributed by atoms with E-state index in [1.165, 1.54) is 35.5 Å². The second-order valence-electron chi connectivity index (χ2n) is 7.36. The van der Waals surface area contributed by atoms with Crippen molar-refractivity contribution in [3.63, 3.8) is 0 Å². The molecule has 1 unspecified atom stereocenters. The SMILES string of the molecule is c1ccc(C[NH+]2CC[C@H]([NH2+]Cc3cccs3)[C@H](c3ccccc3)C2)cc1. The third-order valence-corrected chi connectivity index (χ3v) is 6.48. The average Bonchev–Trinajstić information content (AvgIpc) is 3.22. The van der Waals surface area contributed by atoms with Crippen LogP contribution in [-0.4, -0.2) is 19.1 Å². The first kappa shape index (κ1) is 17.5. The molecule has 134 valence electrons. The lowest BCUT2D eigenvalue weighted by atomic mass is 9.85. The van der Waals surface area contributed by atoms with Crippen molar-refractivity contribution in [1.29, 1.82) is 0 Å². The fourth-order valence-electron chi connectivity index (χ4n) is 4.23. The van der Waals surface area contributed by atoms with Gasteiger partial charge in [-0.1, -0.05) is 66.7 Å². The maximum absolute atomic E-state index is 2.59. The van der Waals surface area contributed by atoms with Gasteiger partial charge in [0.2, 0.25) is 0 Å². The van der Waals surface area contributed by atoms with Gasteiger partial charge in [-0.25, -0.2) is 0 Å². The lowest BCUT2D eigenvalue weighted by molar-refractivity contribution is -0.928. The Kier molecular flexibility index (Phi) is 5.80. The molecule has 4 rings (SSSR count). The van der Waals surface area contributed by atoms with Crippen LogP contribution in [0.25, 0.3) is 0 Å². The molecule has 3 N–H and O–H groups in total. The molecule has 0 bridgehead atoms. The van der Waals surface area contributed by atoms with Crippen molar-refractivity contribution < 1.29 is 10.2 Å². The summed E-state index contributed by atoms with van der Waals surface area (Å²) >= 11 is 1.87. The van der Waals surface area contributed by atoms with Crippen molar-refractivity contribution in [2.45, 2.75) is 31.5 Å². The molecule has 1 aliphatic rings. The lowest BCUT2D eigenvalue weighted by Crippen LogP contribution is -3.14. The zero-order valence-electron chi connectivity index (χ0n) is 15.2. The quantitative estimate of drug-likeness (QED) is 0.670. The Bertz CT molecular complexity index is 770. The van der Waals surface area contributed by atoms with Crippen LogP contribution in [0.4, 0.5) is 0 Å². The molecule has 0 saturated carbocycles. The predicted octanol–water partition coefficient (Wildman–Crippen LogP) is 2.45.